The third-order valence-electron chi connectivity index (χ3n) is 4.32. The third-order valence-corrected chi connectivity index (χ3v) is 5.28. The highest BCUT2D eigenvalue weighted by Gasteiger charge is 2.16. The van der Waals surface area contributed by atoms with E-state index in [-0.39, 0.29) is 11.4 Å². The van der Waals surface area contributed by atoms with Crippen LogP contribution in [0.25, 0.3) is 11.4 Å². The fourth-order valence-electron chi connectivity index (χ4n) is 2.97. The van der Waals surface area contributed by atoms with Crippen LogP contribution in [0.5, 0.6) is 0 Å². The van der Waals surface area contributed by atoms with Gasteiger partial charge in [0.25, 0.3) is 0 Å². The maximum atomic E-state index is 13.3. The van der Waals surface area contributed by atoms with Crippen molar-refractivity contribution in [2.24, 2.45) is 0 Å². The number of rotatable bonds is 7. The van der Waals surface area contributed by atoms with E-state index >= 15 is 0 Å². The first-order valence-corrected chi connectivity index (χ1v) is 10.3. The molecule has 2 heterocycles. The summed E-state index contributed by atoms with van der Waals surface area (Å²) in [6.07, 6.45) is 3.35. The molecule has 0 saturated heterocycles. The van der Waals surface area contributed by atoms with Gasteiger partial charge in [-0.1, -0.05) is 42.1 Å². The summed E-state index contributed by atoms with van der Waals surface area (Å²) in [7, 11) is 0. The summed E-state index contributed by atoms with van der Waals surface area (Å²) in [5.41, 5.74) is 1.97. The van der Waals surface area contributed by atoms with Crippen molar-refractivity contribution in [2.45, 2.75) is 11.7 Å². The number of halogens is 2. The standard InChI is InChI=1S/C22H17F2N5OS/c23-17-10-18(24)12-19(11-17)26-20(30)14-31-22-28-27-21(16-6-8-25-9-7-16)29(22)13-15-4-2-1-3-5-15/h1-12H,13-14H2,(H,26,30). The van der Waals surface area contributed by atoms with Gasteiger partial charge in [0.15, 0.2) is 11.0 Å². The SMILES string of the molecule is O=C(CSc1nnc(-c2ccncc2)n1Cc1ccccc1)Nc1cc(F)cc(F)c1. The van der Waals surface area contributed by atoms with Gasteiger partial charge in [0.2, 0.25) is 5.91 Å². The molecule has 1 amide bonds. The molecule has 31 heavy (non-hydrogen) atoms. The van der Waals surface area contributed by atoms with Crippen molar-refractivity contribution in [1.82, 2.24) is 19.7 Å². The molecule has 6 nitrogen and oxygen atoms in total. The van der Waals surface area contributed by atoms with Crippen LogP contribution >= 0.6 is 11.8 Å². The van der Waals surface area contributed by atoms with E-state index in [0.717, 1.165) is 29.3 Å². The first-order chi connectivity index (χ1) is 15.1. The molecule has 0 aliphatic carbocycles. The van der Waals surface area contributed by atoms with Gasteiger partial charge in [-0.2, -0.15) is 0 Å². The molecule has 0 radical (unpaired) electrons. The molecule has 2 aromatic heterocycles. The first-order valence-electron chi connectivity index (χ1n) is 9.35. The molecule has 0 atom stereocenters. The Balaban J connectivity index is 1.53. The van der Waals surface area contributed by atoms with Gasteiger partial charge in [0.1, 0.15) is 11.6 Å². The normalized spacial score (nSPS) is 10.8. The van der Waals surface area contributed by atoms with Crippen LogP contribution in [-0.2, 0) is 11.3 Å². The summed E-state index contributed by atoms with van der Waals surface area (Å²) >= 11 is 1.19. The Labute approximate surface area is 181 Å². The molecule has 9 heteroatoms. The Morgan fingerprint density at radius 1 is 0.968 bits per heavy atom. The van der Waals surface area contributed by atoms with Crippen LogP contribution in [0.4, 0.5) is 14.5 Å². The molecule has 0 saturated carbocycles. The van der Waals surface area contributed by atoms with E-state index in [0.29, 0.717) is 17.5 Å². The van der Waals surface area contributed by atoms with Crippen molar-refractivity contribution in [3.8, 4) is 11.4 Å². The summed E-state index contributed by atoms with van der Waals surface area (Å²) in [5.74, 6) is -1.27. The quantitative estimate of drug-likeness (QED) is 0.434. The summed E-state index contributed by atoms with van der Waals surface area (Å²) in [4.78, 5) is 16.3. The van der Waals surface area contributed by atoms with Gasteiger partial charge in [0, 0.05) is 29.7 Å². The second-order valence-electron chi connectivity index (χ2n) is 6.61. The number of amides is 1. The smallest absolute Gasteiger partial charge is 0.234 e. The second-order valence-corrected chi connectivity index (χ2v) is 7.55. The van der Waals surface area contributed by atoms with Gasteiger partial charge in [-0.25, -0.2) is 8.78 Å². The highest BCUT2D eigenvalue weighted by atomic mass is 32.2. The number of carbonyl (C=O) groups excluding carboxylic acids is 1. The van der Waals surface area contributed by atoms with E-state index in [1.807, 2.05) is 47.0 Å². The van der Waals surface area contributed by atoms with Gasteiger partial charge in [-0.15, -0.1) is 10.2 Å². The minimum Gasteiger partial charge on any atom is -0.325 e. The molecule has 2 aromatic carbocycles. The number of benzene rings is 2. The maximum Gasteiger partial charge on any atom is 0.234 e. The zero-order chi connectivity index (χ0) is 21.6. The van der Waals surface area contributed by atoms with Gasteiger partial charge >= 0.3 is 0 Å². The number of hydrogen-bond donors (Lipinski definition) is 1. The number of nitrogens with zero attached hydrogens (tertiary/aromatic N) is 4. The van der Waals surface area contributed by atoms with Crippen molar-refractivity contribution < 1.29 is 13.6 Å². The fourth-order valence-corrected chi connectivity index (χ4v) is 3.71. The summed E-state index contributed by atoms with van der Waals surface area (Å²) in [6, 6.07) is 16.4. The molecule has 0 aliphatic heterocycles. The lowest BCUT2D eigenvalue weighted by molar-refractivity contribution is -0.113. The number of thioether (sulfide) groups is 1. The molecule has 0 aliphatic rings. The average Bonchev–Trinajstić information content (AvgIpc) is 3.15. The summed E-state index contributed by atoms with van der Waals surface area (Å²) in [6.45, 7) is 0.518. The highest BCUT2D eigenvalue weighted by molar-refractivity contribution is 7.99. The third kappa shape index (κ3) is 5.32. The van der Waals surface area contributed by atoms with Crippen LogP contribution in [0.2, 0.25) is 0 Å². The minimum absolute atomic E-state index is 0.00139. The monoisotopic (exact) mass is 437 g/mol. The minimum atomic E-state index is -0.757. The van der Waals surface area contributed by atoms with Gasteiger partial charge in [-0.05, 0) is 29.8 Å². The molecule has 4 rings (SSSR count). The van der Waals surface area contributed by atoms with E-state index in [1.165, 1.54) is 11.8 Å². The van der Waals surface area contributed by atoms with Crippen LogP contribution in [0.1, 0.15) is 5.56 Å². The molecule has 0 spiro atoms. The molecular weight excluding hydrogens is 420 g/mol. The van der Waals surface area contributed by atoms with Gasteiger partial charge in [0.05, 0.1) is 12.3 Å². The Kier molecular flexibility index (Phi) is 6.32. The number of pyridine rings is 1. The highest BCUT2D eigenvalue weighted by Crippen LogP contribution is 2.25. The van der Waals surface area contributed by atoms with Gasteiger partial charge < -0.3 is 5.32 Å². The Morgan fingerprint density at radius 2 is 1.68 bits per heavy atom. The van der Waals surface area contributed by atoms with Gasteiger partial charge in [-0.3, -0.25) is 14.3 Å². The van der Waals surface area contributed by atoms with Crippen LogP contribution in [0.15, 0.2) is 78.2 Å². The van der Waals surface area contributed by atoms with E-state index in [1.54, 1.807) is 12.4 Å². The Hall–Kier alpha value is -3.59. The fraction of sp³-hybridized carbons (Fsp3) is 0.0909. The van der Waals surface area contributed by atoms with E-state index in [2.05, 4.69) is 20.5 Å². The predicted octanol–water partition coefficient (Wildman–Crippen LogP) is 4.40. The molecule has 1 N–H and O–H groups in total. The number of anilines is 1. The van der Waals surface area contributed by atoms with Crippen molar-refractivity contribution >= 4 is 23.4 Å². The van der Waals surface area contributed by atoms with Crippen molar-refractivity contribution in [3.63, 3.8) is 0 Å². The summed E-state index contributed by atoms with van der Waals surface area (Å²) < 4.78 is 28.6. The Bertz CT molecular complexity index is 1160. The lowest BCUT2D eigenvalue weighted by Gasteiger charge is -2.11. The molecular formula is C22H17F2N5OS. The lowest BCUT2D eigenvalue weighted by atomic mass is 10.2. The predicted molar refractivity (Wildman–Crippen MR) is 115 cm³/mol. The molecule has 0 unspecified atom stereocenters. The van der Waals surface area contributed by atoms with Crippen LogP contribution in [0.3, 0.4) is 0 Å². The molecule has 0 fully saturated rings. The first kappa shape index (κ1) is 20.7. The maximum absolute atomic E-state index is 13.3. The number of hydrogen-bond acceptors (Lipinski definition) is 5. The van der Waals surface area contributed by atoms with Crippen molar-refractivity contribution in [2.75, 3.05) is 11.1 Å². The largest absolute Gasteiger partial charge is 0.325 e. The molecule has 0 bridgehead atoms. The van der Waals surface area contributed by atoms with Crippen LogP contribution < -0.4 is 5.32 Å². The van der Waals surface area contributed by atoms with E-state index in [4.69, 9.17) is 0 Å². The van der Waals surface area contributed by atoms with Crippen LogP contribution in [-0.4, -0.2) is 31.4 Å². The number of carbonyl (C=O) groups is 1. The van der Waals surface area contributed by atoms with Crippen LogP contribution in [0, 0.1) is 11.6 Å². The molecule has 156 valence electrons. The zero-order valence-corrected chi connectivity index (χ0v) is 17.0. The van der Waals surface area contributed by atoms with E-state index in [9.17, 15) is 13.6 Å². The summed E-state index contributed by atoms with van der Waals surface area (Å²) in [5, 5.41) is 11.6. The second kappa shape index (κ2) is 9.48. The molecule has 4 aromatic rings. The van der Waals surface area contributed by atoms with E-state index < -0.39 is 17.5 Å². The zero-order valence-electron chi connectivity index (χ0n) is 16.2. The van der Waals surface area contributed by atoms with Crippen molar-refractivity contribution in [3.05, 3.63) is 90.3 Å². The average molecular weight is 437 g/mol. The van der Waals surface area contributed by atoms with Crippen molar-refractivity contribution in [1.29, 1.82) is 0 Å². The lowest BCUT2D eigenvalue weighted by Crippen LogP contribution is -2.15. The Morgan fingerprint density at radius 3 is 2.39 bits per heavy atom. The number of aromatic nitrogens is 4. The topological polar surface area (TPSA) is 72.7 Å². The number of nitrogens with one attached hydrogen (secondary N) is 1.